The zero-order valence-electron chi connectivity index (χ0n) is 20.4. The Hall–Kier alpha value is -3.66. The summed E-state index contributed by atoms with van der Waals surface area (Å²) in [6.45, 7) is 1.79. The molecular weight excluding hydrogens is 496 g/mol. The van der Waals surface area contributed by atoms with Crippen LogP contribution in [0.2, 0.25) is 5.22 Å². The zero-order valence-corrected chi connectivity index (χ0v) is 21.1. The SMILES string of the molecule is O=C1NCCCn2cc(nn2)CC2(CCN(C(=O)c3ccc(Cl)o3)CC2)C(=O)N[C@H]1Cc1ccccc1. The van der Waals surface area contributed by atoms with Gasteiger partial charge < -0.3 is 20.0 Å². The van der Waals surface area contributed by atoms with Crippen LogP contribution >= 0.6 is 11.6 Å². The van der Waals surface area contributed by atoms with Crippen molar-refractivity contribution in [2.24, 2.45) is 5.41 Å². The molecule has 194 valence electrons. The summed E-state index contributed by atoms with van der Waals surface area (Å²) in [7, 11) is 0. The fourth-order valence-corrected chi connectivity index (χ4v) is 5.17. The van der Waals surface area contributed by atoms with E-state index in [2.05, 4.69) is 20.9 Å². The fourth-order valence-electron chi connectivity index (χ4n) is 5.03. The van der Waals surface area contributed by atoms with Gasteiger partial charge in [-0.3, -0.25) is 19.1 Å². The number of aromatic nitrogens is 3. The summed E-state index contributed by atoms with van der Waals surface area (Å²) in [6, 6.07) is 12.0. The summed E-state index contributed by atoms with van der Waals surface area (Å²) < 4.78 is 7.03. The van der Waals surface area contributed by atoms with Gasteiger partial charge in [0.25, 0.3) is 5.91 Å². The minimum Gasteiger partial charge on any atom is -0.440 e. The number of hydrogen-bond acceptors (Lipinski definition) is 6. The van der Waals surface area contributed by atoms with Crippen molar-refractivity contribution in [1.82, 2.24) is 30.5 Å². The minimum absolute atomic E-state index is 0.150. The van der Waals surface area contributed by atoms with Gasteiger partial charge in [-0.2, -0.15) is 0 Å². The number of rotatable bonds is 3. The van der Waals surface area contributed by atoms with Gasteiger partial charge >= 0.3 is 0 Å². The Morgan fingerprint density at radius 1 is 1.11 bits per heavy atom. The lowest BCUT2D eigenvalue weighted by Crippen LogP contribution is -2.56. The van der Waals surface area contributed by atoms with Gasteiger partial charge in [0, 0.05) is 45.2 Å². The number of nitrogens with zero attached hydrogens (tertiary/aromatic N) is 4. The second kappa shape index (κ2) is 10.8. The molecule has 2 aliphatic rings. The molecule has 2 aliphatic heterocycles. The molecule has 11 heteroatoms. The molecule has 2 bridgehead atoms. The van der Waals surface area contributed by atoms with Crippen molar-refractivity contribution in [1.29, 1.82) is 0 Å². The van der Waals surface area contributed by atoms with Gasteiger partial charge in [0.05, 0.1) is 11.1 Å². The van der Waals surface area contributed by atoms with Crippen molar-refractivity contribution in [3.63, 3.8) is 0 Å². The van der Waals surface area contributed by atoms with Crippen LogP contribution in [-0.4, -0.2) is 63.3 Å². The van der Waals surface area contributed by atoms with Crippen LogP contribution in [0.3, 0.4) is 0 Å². The number of piperidine rings is 1. The van der Waals surface area contributed by atoms with E-state index in [4.69, 9.17) is 16.0 Å². The summed E-state index contributed by atoms with van der Waals surface area (Å²) in [6.07, 6.45) is 4.12. The first-order valence-electron chi connectivity index (χ1n) is 12.5. The van der Waals surface area contributed by atoms with E-state index in [1.807, 2.05) is 36.5 Å². The van der Waals surface area contributed by atoms with Gasteiger partial charge in [0.15, 0.2) is 11.0 Å². The molecule has 1 atom stereocenters. The number of furan rings is 1. The van der Waals surface area contributed by atoms with E-state index in [0.717, 1.165) is 5.56 Å². The molecule has 3 amide bonds. The second-order valence-electron chi connectivity index (χ2n) is 9.69. The zero-order chi connectivity index (χ0) is 25.8. The number of benzene rings is 1. The molecule has 2 N–H and O–H groups in total. The van der Waals surface area contributed by atoms with E-state index in [9.17, 15) is 14.4 Å². The van der Waals surface area contributed by atoms with E-state index in [1.165, 1.54) is 6.07 Å². The highest BCUT2D eigenvalue weighted by molar-refractivity contribution is 6.29. The third kappa shape index (κ3) is 5.69. The molecule has 0 aliphatic carbocycles. The van der Waals surface area contributed by atoms with Crippen molar-refractivity contribution in [3.8, 4) is 0 Å². The van der Waals surface area contributed by atoms with Crippen molar-refractivity contribution < 1.29 is 18.8 Å². The number of fused-ring (bicyclic) bond motifs is 2. The lowest BCUT2D eigenvalue weighted by atomic mass is 9.73. The van der Waals surface area contributed by atoms with Crippen molar-refractivity contribution in [2.45, 2.75) is 44.7 Å². The number of carbonyl (C=O) groups is 3. The average molecular weight is 525 g/mol. The van der Waals surface area contributed by atoms with Gasteiger partial charge in [0.1, 0.15) is 6.04 Å². The van der Waals surface area contributed by atoms with Crippen LogP contribution in [0.25, 0.3) is 0 Å². The molecule has 37 heavy (non-hydrogen) atoms. The third-order valence-electron chi connectivity index (χ3n) is 7.15. The molecule has 0 unspecified atom stereocenters. The lowest BCUT2D eigenvalue weighted by molar-refractivity contribution is -0.137. The van der Waals surface area contributed by atoms with Gasteiger partial charge in [-0.15, -0.1) is 5.10 Å². The monoisotopic (exact) mass is 524 g/mol. The maximum absolute atomic E-state index is 13.9. The molecule has 1 aromatic carbocycles. The maximum Gasteiger partial charge on any atom is 0.289 e. The van der Waals surface area contributed by atoms with Crippen LogP contribution < -0.4 is 10.6 Å². The van der Waals surface area contributed by atoms with Crippen molar-refractivity contribution in [2.75, 3.05) is 19.6 Å². The quantitative estimate of drug-likeness (QED) is 0.542. The summed E-state index contributed by atoms with van der Waals surface area (Å²) >= 11 is 5.84. The molecule has 1 spiro atoms. The normalized spacial score (nSPS) is 20.4. The maximum atomic E-state index is 13.9. The third-order valence-corrected chi connectivity index (χ3v) is 7.35. The Bertz CT molecular complexity index is 1260. The van der Waals surface area contributed by atoms with Gasteiger partial charge in [-0.25, -0.2) is 0 Å². The van der Waals surface area contributed by atoms with E-state index in [1.54, 1.807) is 15.6 Å². The molecule has 5 rings (SSSR count). The van der Waals surface area contributed by atoms with Crippen LogP contribution in [0.1, 0.15) is 41.1 Å². The molecule has 3 aromatic rings. The highest BCUT2D eigenvalue weighted by atomic mass is 35.5. The van der Waals surface area contributed by atoms with Gasteiger partial charge in [-0.1, -0.05) is 35.5 Å². The molecule has 4 heterocycles. The number of nitrogens with one attached hydrogen (secondary N) is 2. The number of amides is 3. The molecule has 10 nitrogen and oxygen atoms in total. The van der Waals surface area contributed by atoms with Gasteiger partial charge in [-0.05, 0) is 48.6 Å². The first kappa shape index (κ1) is 25.0. The van der Waals surface area contributed by atoms with Crippen molar-refractivity contribution >= 4 is 29.3 Å². The molecule has 0 radical (unpaired) electrons. The first-order valence-corrected chi connectivity index (χ1v) is 12.9. The Labute approximate surface area is 219 Å². The number of halogens is 1. The molecule has 0 saturated carbocycles. The lowest BCUT2D eigenvalue weighted by Gasteiger charge is -2.40. The number of carbonyl (C=O) groups excluding carboxylic acids is 3. The highest BCUT2D eigenvalue weighted by Gasteiger charge is 2.44. The molecule has 1 fully saturated rings. The topological polar surface area (TPSA) is 122 Å². The first-order chi connectivity index (χ1) is 17.9. The predicted octanol–water partition coefficient (Wildman–Crippen LogP) is 2.24. The summed E-state index contributed by atoms with van der Waals surface area (Å²) in [4.78, 5) is 41.6. The molecule has 1 saturated heterocycles. The Morgan fingerprint density at radius 2 is 1.89 bits per heavy atom. The van der Waals surface area contributed by atoms with E-state index in [0.29, 0.717) is 64.0 Å². The summed E-state index contributed by atoms with van der Waals surface area (Å²) in [5, 5.41) is 14.7. The Kier molecular flexibility index (Phi) is 7.27. The Morgan fingerprint density at radius 3 is 2.62 bits per heavy atom. The highest BCUT2D eigenvalue weighted by Crippen LogP contribution is 2.36. The number of likely N-dealkylation sites (tertiary alicyclic amines) is 1. The standard InChI is InChI=1S/C26H29ClN6O4/c27-22-8-7-21(37-22)24(35)32-13-9-26(10-14-32)16-19-17-33(31-30-19)12-4-11-28-23(34)20(29-25(26)36)15-18-5-2-1-3-6-18/h1-3,5-8,17,20H,4,9-16H2,(H,28,34)(H,29,36)/t20-/m0/s1. The summed E-state index contributed by atoms with van der Waals surface area (Å²) in [5.74, 6) is -0.528. The van der Waals surface area contributed by atoms with Crippen LogP contribution in [0.5, 0.6) is 0 Å². The smallest absolute Gasteiger partial charge is 0.289 e. The van der Waals surface area contributed by atoms with E-state index < -0.39 is 11.5 Å². The van der Waals surface area contributed by atoms with Crippen LogP contribution in [0, 0.1) is 5.41 Å². The van der Waals surface area contributed by atoms with Gasteiger partial charge in [0.2, 0.25) is 11.8 Å². The summed E-state index contributed by atoms with van der Waals surface area (Å²) in [5.41, 5.74) is 0.827. The van der Waals surface area contributed by atoms with Crippen molar-refractivity contribution in [3.05, 3.63) is 70.9 Å². The van der Waals surface area contributed by atoms with Crippen LogP contribution in [-0.2, 0) is 29.0 Å². The molecular formula is C26H29ClN6O4. The van der Waals surface area contributed by atoms with Crippen LogP contribution in [0.4, 0.5) is 0 Å². The minimum atomic E-state index is -0.846. The number of hydrogen-bond donors (Lipinski definition) is 2. The second-order valence-corrected chi connectivity index (χ2v) is 10.1. The number of aryl methyl sites for hydroxylation is 1. The molecule has 2 aromatic heterocycles. The largest absolute Gasteiger partial charge is 0.440 e. The van der Waals surface area contributed by atoms with Crippen LogP contribution in [0.15, 0.2) is 53.1 Å². The average Bonchev–Trinajstić information content (AvgIpc) is 3.55. The fraction of sp³-hybridized carbons (Fsp3) is 0.423. The Balaban J connectivity index is 1.39. The van der Waals surface area contributed by atoms with E-state index in [-0.39, 0.29) is 28.7 Å². The van der Waals surface area contributed by atoms with E-state index >= 15 is 0 Å². The predicted molar refractivity (Wildman–Crippen MR) is 135 cm³/mol.